The van der Waals surface area contributed by atoms with E-state index in [1.807, 2.05) is 6.92 Å². The summed E-state index contributed by atoms with van der Waals surface area (Å²) in [7, 11) is 0. The lowest BCUT2D eigenvalue weighted by Gasteiger charge is -2.13. The van der Waals surface area contributed by atoms with Gasteiger partial charge in [0.25, 0.3) is 0 Å². The van der Waals surface area contributed by atoms with Gasteiger partial charge in [-0.3, -0.25) is 9.59 Å². The number of carbonyl (C=O) groups excluding carboxylic acids is 2. The zero-order valence-corrected chi connectivity index (χ0v) is 15.4. The van der Waals surface area contributed by atoms with Crippen LogP contribution in [0.4, 0.5) is 0 Å². The molecule has 0 amide bonds. The van der Waals surface area contributed by atoms with E-state index in [1.54, 1.807) is 38.1 Å². The van der Waals surface area contributed by atoms with Gasteiger partial charge in [-0.15, -0.1) is 0 Å². The zero-order valence-electron chi connectivity index (χ0n) is 14.6. The summed E-state index contributed by atoms with van der Waals surface area (Å²) < 4.78 is 5.36. The van der Waals surface area contributed by atoms with Crippen molar-refractivity contribution in [3.05, 3.63) is 51.6 Å². The van der Waals surface area contributed by atoms with Crippen LogP contribution in [0.2, 0.25) is 0 Å². The summed E-state index contributed by atoms with van der Waals surface area (Å²) in [5.41, 5.74) is 0.798. The summed E-state index contributed by atoms with van der Waals surface area (Å²) in [4.78, 5) is 42.5. The Labute approximate surface area is 150 Å². The van der Waals surface area contributed by atoms with E-state index in [0.29, 0.717) is 29.2 Å². The van der Waals surface area contributed by atoms with Crippen molar-refractivity contribution in [2.75, 3.05) is 6.61 Å². The molecule has 0 bridgehead atoms. The maximum Gasteiger partial charge on any atom is 0.346 e. The van der Waals surface area contributed by atoms with E-state index < -0.39 is 10.9 Å². The number of aromatic amines is 1. The average Bonchev–Trinajstić information content (AvgIpc) is 2.54. The Hall–Kier alpha value is -2.41. The van der Waals surface area contributed by atoms with Gasteiger partial charge in [-0.2, -0.15) is 4.98 Å². The third kappa shape index (κ3) is 4.57. The number of H-pyrrole nitrogens is 1. The van der Waals surface area contributed by atoms with Gasteiger partial charge in [0.15, 0.2) is 11.6 Å². The monoisotopic (exact) mass is 360 g/mol. The second-order valence-corrected chi connectivity index (χ2v) is 6.81. The standard InChI is InChI=1S/C18H20N2O4S/c1-5-24-14-8-6-13(7-9-14)16(22)12(4)25-17-15(11(3)21)10(2)19-18(23)20-17/h6-9,12H,5H2,1-4H3,(H,19,20,23). The first-order valence-electron chi connectivity index (χ1n) is 7.89. The van der Waals surface area contributed by atoms with Crippen LogP contribution in [-0.2, 0) is 0 Å². The molecule has 1 atom stereocenters. The highest BCUT2D eigenvalue weighted by Gasteiger charge is 2.22. The molecule has 25 heavy (non-hydrogen) atoms. The molecule has 1 heterocycles. The number of rotatable bonds is 7. The lowest BCUT2D eigenvalue weighted by Crippen LogP contribution is -2.20. The largest absolute Gasteiger partial charge is 0.494 e. The predicted octanol–water partition coefficient (Wildman–Crippen LogP) is 3.04. The Balaban J connectivity index is 2.24. The van der Waals surface area contributed by atoms with E-state index in [-0.39, 0.29) is 16.6 Å². The van der Waals surface area contributed by atoms with Gasteiger partial charge < -0.3 is 9.72 Å². The fourth-order valence-electron chi connectivity index (χ4n) is 2.40. The van der Waals surface area contributed by atoms with Crippen LogP contribution in [0.25, 0.3) is 0 Å². The average molecular weight is 360 g/mol. The smallest absolute Gasteiger partial charge is 0.346 e. The number of ketones is 2. The molecule has 0 fully saturated rings. The SMILES string of the molecule is CCOc1ccc(C(=O)C(C)Sc2nc(=O)[nH]c(C)c2C(C)=O)cc1. The molecule has 6 nitrogen and oxygen atoms in total. The number of benzene rings is 1. The van der Waals surface area contributed by atoms with Crippen LogP contribution < -0.4 is 10.4 Å². The molecular formula is C18H20N2O4S. The lowest BCUT2D eigenvalue weighted by molar-refractivity contribution is 0.0988. The van der Waals surface area contributed by atoms with E-state index in [4.69, 9.17) is 4.74 Å². The first-order valence-corrected chi connectivity index (χ1v) is 8.77. The highest BCUT2D eigenvalue weighted by molar-refractivity contribution is 8.00. The number of nitrogens with one attached hydrogen (secondary N) is 1. The minimum absolute atomic E-state index is 0.109. The Morgan fingerprint density at radius 2 is 1.92 bits per heavy atom. The van der Waals surface area contributed by atoms with Gasteiger partial charge >= 0.3 is 5.69 Å². The van der Waals surface area contributed by atoms with Crippen molar-refractivity contribution >= 4 is 23.3 Å². The number of thioether (sulfide) groups is 1. The number of carbonyl (C=O) groups is 2. The molecule has 2 aromatic rings. The highest BCUT2D eigenvalue weighted by Crippen LogP contribution is 2.28. The number of hydrogen-bond donors (Lipinski definition) is 1. The quantitative estimate of drug-likeness (QED) is 0.464. The molecule has 1 aromatic heterocycles. The normalized spacial score (nSPS) is 11.8. The molecule has 0 radical (unpaired) electrons. The van der Waals surface area contributed by atoms with Gasteiger partial charge in [0.05, 0.1) is 17.4 Å². The summed E-state index contributed by atoms with van der Waals surface area (Å²) in [6.07, 6.45) is 0. The highest BCUT2D eigenvalue weighted by atomic mass is 32.2. The maximum atomic E-state index is 12.6. The van der Waals surface area contributed by atoms with Crippen molar-refractivity contribution < 1.29 is 14.3 Å². The number of hydrogen-bond acceptors (Lipinski definition) is 6. The van der Waals surface area contributed by atoms with Gasteiger partial charge in [-0.25, -0.2) is 4.79 Å². The first kappa shape index (κ1) is 18.9. The Morgan fingerprint density at radius 3 is 2.48 bits per heavy atom. The van der Waals surface area contributed by atoms with Crippen LogP contribution in [0.1, 0.15) is 47.2 Å². The third-order valence-corrected chi connectivity index (χ3v) is 4.63. The number of Topliss-reactive ketones (excluding diaryl/α,β-unsaturated/α-hetero) is 2. The molecule has 0 spiro atoms. The number of aromatic nitrogens is 2. The van der Waals surface area contributed by atoms with Gasteiger partial charge in [-0.05, 0) is 52.0 Å². The second kappa shape index (κ2) is 8.11. The van der Waals surface area contributed by atoms with Gasteiger partial charge in [0.2, 0.25) is 0 Å². The molecular weight excluding hydrogens is 340 g/mol. The van der Waals surface area contributed by atoms with Crippen LogP contribution in [-0.4, -0.2) is 33.4 Å². The Bertz CT molecular complexity index is 843. The van der Waals surface area contributed by atoms with Crippen molar-refractivity contribution in [2.45, 2.75) is 38.0 Å². The van der Waals surface area contributed by atoms with E-state index in [1.165, 1.54) is 6.92 Å². The van der Waals surface area contributed by atoms with Gasteiger partial charge in [0.1, 0.15) is 10.8 Å². The maximum absolute atomic E-state index is 12.6. The third-order valence-electron chi connectivity index (χ3n) is 3.55. The molecule has 132 valence electrons. The van der Waals surface area contributed by atoms with Crippen LogP contribution in [0.3, 0.4) is 0 Å². The predicted molar refractivity (Wildman–Crippen MR) is 96.9 cm³/mol. The molecule has 0 aliphatic heterocycles. The minimum atomic E-state index is -0.536. The molecule has 7 heteroatoms. The van der Waals surface area contributed by atoms with Crippen molar-refractivity contribution in [1.82, 2.24) is 9.97 Å². The minimum Gasteiger partial charge on any atom is -0.494 e. The van der Waals surface area contributed by atoms with Crippen molar-refractivity contribution in [1.29, 1.82) is 0 Å². The molecule has 1 unspecified atom stereocenters. The Morgan fingerprint density at radius 1 is 1.28 bits per heavy atom. The van der Waals surface area contributed by atoms with E-state index in [2.05, 4.69) is 9.97 Å². The van der Waals surface area contributed by atoms with Crippen LogP contribution in [0.5, 0.6) is 5.75 Å². The molecule has 0 aliphatic carbocycles. The van der Waals surface area contributed by atoms with Gasteiger partial charge in [-0.1, -0.05) is 11.8 Å². The topological polar surface area (TPSA) is 89.1 Å². The Kier molecular flexibility index (Phi) is 6.14. The molecule has 1 aromatic carbocycles. The number of aryl methyl sites for hydroxylation is 1. The van der Waals surface area contributed by atoms with E-state index in [0.717, 1.165) is 11.8 Å². The summed E-state index contributed by atoms with van der Waals surface area (Å²) in [6.45, 7) is 7.22. The fourth-order valence-corrected chi connectivity index (χ4v) is 3.53. The molecule has 0 aliphatic rings. The summed E-state index contributed by atoms with van der Waals surface area (Å²) in [6, 6.07) is 6.88. The van der Waals surface area contributed by atoms with Crippen LogP contribution in [0.15, 0.2) is 34.1 Å². The van der Waals surface area contributed by atoms with Gasteiger partial charge in [0, 0.05) is 11.3 Å². The van der Waals surface area contributed by atoms with Crippen molar-refractivity contribution in [2.24, 2.45) is 0 Å². The first-order chi connectivity index (χ1) is 11.8. The number of ether oxygens (including phenoxy) is 1. The summed E-state index contributed by atoms with van der Waals surface area (Å²) in [5, 5.41) is -0.217. The zero-order chi connectivity index (χ0) is 18.6. The van der Waals surface area contributed by atoms with Crippen molar-refractivity contribution in [3.8, 4) is 5.75 Å². The van der Waals surface area contributed by atoms with E-state index in [9.17, 15) is 14.4 Å². The lowest BCUT2D eigenvalue weighted by atomic mass is 10.1. The molecule has 0 saturated carbocycles. The number of nitrogens with zero attached hydrogens (tertiary/aromatic N) is 1. The molecule has 2 rings (SSSR count). The van der Waals surface area contributed by atoms with E-state index >= 15 is 0 Å². The van der Waals surface area contributed by atoms with Crippen LogP contribution >= 0.6 is 11.8 Å². The molecule has 0 saturated heterocycles. The van der Waals surface area contributed by atoms with Crippen LogP contribution in [0, 0.1) is 6.92 Å². The molecule has 1 N–H and O–H groups in total. The summed E-state index contributed by atoms with van der Waals surface area (Å²) in [5.74, 6) is 0.386. The summed E-state index contributed by atoms with van der Waals surface area (Å²) >= 11 is 1.11. The van der Waals surface area contributed by atoms with Crippen molar-refractivity contribution in [3.63, 3.8) is 0 Å². The fraction of sp³-hybridized carbons (Fsp3) is 0.333. The second-order valence-electron chi connectivity index (χ2n) is 5.49.